The molecule has 0 radical (unpaired) electrons. The minimum Gasteiger partial charge on any atom is -0.395 e. The predicted octanol–water partition coefficient (Wildman–Crippen LogP) is 2.56. The van der Waals surface area contributed by atoms with Gasteiger partial charge >= 0.3 is 0 Å². The Morgan fingerprint density at radius 1 is 1.35 bits per heavy atom. The fourth-order valence-electron chi connectivity index (χ4n) is 2.19. The second-order valence-corrected chi connectivity index (χ2v) is 4.86. The number of benzene rings is 1. The molecule has 1 rings (SSSR count). The molecule has 5 heteroatoms. The largest absolute Gasteiger partial charge is 0.395 e. The highest BCUT2D eigenvalue weighted by Gasteiger charge is 2.14. The van der Waals surface area contributed by atoms with E-state index in [1.54, 1.807) is 0 Å². The Balaban J connectivity index is 2.78. The molecule has 0 aliphatic carbocycles. The first-order chi connectivity index (χ1) is 9.58. The van der Waals surface area contributed by atoms with Gasteiger partial charge in [0.15, 0.2) is 0 Å². The normalized spacial score (nSPS) is 11.1. The number of alkyl halides is 2. The number of nitrogens with zero attached hydrogens (tertiary/aromatic N) is 1. The van der Waals surface area contributed by atoms with Crippen LogP contribution in [0, 0.1) is 6.92 Å². The van der Waals surface area contributed by atoms with Crippen LogP contribution in [0.5, 0.6) is 0 Å². The number of aliphatic hydroxyl groups is 1. The first-order valence-corrected chi connectivity index (χ1v) is 7.02. The molecule has 0 aliphatic rings. The number of aliphatic hydroxyl groups excluding tert-OH is 1. The monoisotopic (exact) mass is 286 g/mol. The predicted molar refractivity (Wildman–Crippen MR) is 78.5 cm³/mol. The van der Waals surface area contributed by atoms with E-state index in [2.05, 4.69) is 12.2 Å². The summed E-state index contributed by atoms with van der Waals surface area (Å²) in [5, 5.41) is 12.3. The molecule has 0 aromatic heterocycles. The van der Waals surface area contributed by atoms with Crippen LogP contribution in [0.1, 0.15) is 24.5 Å². The SMILES string of the molecule is CCCNCc1ccc(N(CCO)CC(F)F)c(C)c1. The molecule has 0 heterocycles. The summed E-state index contributed by atoms with van der Waals surface area (Å²) in [6, 6.07) is 5.81. The number of nitrogens with one attached hydrogen (secondary N) is 1. The van der Waals surface area contributed by atoms with Gasteiger partial charge in [0.2, 0.25) is 0 Å². The van der Waals surface area contributed by atoms with Gasteiger partial charge in [0.1, 0.15) is 0 Å². The van der Waals surface area contributed by atoms with Crippen molar-refractivity contribution in [1.82, 2.24) is 5.32 Å². The summed E-state index contributed by atoms with van der Waals surface area (Å²) in [4.78, 5) is 1.53. The lowest BCUT2D eigenvalue weighted by atomic mass is 10.1. The van der Waals surface area contributed by atoms with Gasteiger partial charge in [-0.3, -0.25) is 0 Å². The van der Waals surface area contributed by atoms with Crippen LogP contribution in [-0.2, 0) is 6.54 Å². The summed E-state index contributed by atoms with van der Waals surface area (Å²) in [6.07, 6.45) is -1.33. The van der Waals surface area contributed by atoms with Crippen LogP contribution in [-0.4, -0.2) is 37.8 Å². The van der Waals surface area contributed by atoms with Crippen molar-refractivity contribution in [3.63, 3.8) is 0 Å². The van der Waals surface area contributed by atoms with Gasteiger partial charge in [-0.2, -0.15) is 0 Å². The molecule has 0 bridgehead atoms. The van der Waals surface area contributed by atoms with Crippen molar-refractivity contribution >= 4 is 5.69 Å². The van der Waals surface area contributed by atoms with Crippen LogP contribution in [0.25, 0.3) is 0 Å². The van der Waals surface area contributed by atoms with E-state index in [1.807, 2.05) is 25.1 Å². The number of rotatable bonds is 9. The maximum Gasteiger partial charge on any atom is 0.255 e. The van der Waals surface area contributed by atoms with Crippen LogP contribution in [0.15, 0.2) is 18.2 Å². The Morgan fingerprint density at radius 2 is 2.10 bits per heavy atom. The highest BCUT2D eigenvalue weighted by atomic mass is 19.3. The van der Waals surface area contributed by atoms with Crippen LogP contribution in [0.4, 0.5) is 14.5 Å². The Labute approximate surface area is 119 Å². The van der Waals surface area contributed by atoms with E-state index < -0.39 is 6.43 Å². The van der Waals surface area contributed by atoms with Crippen molar-refractivity contribution < 1.29 is 13.9 Å². The van der Waals surface area contributed by atoms with Gasteiger partial charge in [-0.1, -0.05) is 19.1 Å². The first kappa shape index (κ1) is 16.9. The second-order valence-electron chi connectivity index (χ2n) is 4.86. The molecule has 0 amide bonds. The van der Waals surface area contributed by atoms with E-state index in [0.717, 1.165) is 36.3 Å². The summed E-state index contributed by atoms with van der Waals surface area (Å²) in [6.45, 7) is 5.50. The molecule has 0 saturated heterocycles. The van der Waals surface area contributed by atoms with Crippen molar-refractivity contribution in [2.45, 2.75) is 33.2 Å². The molecular formula is C15H24F2N2O. The molecule has 0 aliphatic heterocycles. The third-order valence-corrected chi connectivity index (χ3v) is 3.09. The number of aryl methyl sites for hydroxylation is 1. The minimum absolute atomic E-state index is 0.133. The summed E-state index contributed by atoms with van der Waals surface area (Å²) in [5.41, 5.74) is 2.86. The third kappa shape index (κ3) is 5.43. The standard InChI is InChI=1S/C15H24F2N2O/c1-3-6-18-10-13-4-5-14(12(2)9-13)19(7-8-20)11-15(16)17/h4-5,9,15,18,20H,3,6-8,10-11H2,1-2H3. The van der Waals surface area contributed by atoms with Crippen molar-refractivity contribution in [2.75, 3.05) is 31.1 Å². The number of hydrogen-bond acceptors (Lipinski definition) is 3. The van der Waals surface area contributed by atoms with Gasteiger partial charge in [-0.15, -0.1) is 0 Å². The van der Waals surface area contributed by atoms with Crippen LogP contribution < -0.4 is 10.2 Å². The average Bonchev–Trinajstić information content (AvgIpc) is 2.38. The smallest absolute Gasteiger partial charge is 0.255 e. The van der Waals surface area contributed by atoms with E-state index in [4.69, 9.17) is 5.11 Å². The van der Waals surface area contributed by atoms with Crippen molar-refractivity contribution in [1.29, 1.82) is 0 Å². The first-order valence-electron chi connectivity index (χ1n) is 7.02. The lowest BCUT2D eigenvalue weighted by Gasteiger charge is -2.25. The Bertz CT molecular complexity index is 399. The molecule has 20 heavy (non-hydrogen) atoms. The molecule has 0 fully saturated rings. The second kappa shape index (κ2) is 8.87. The highest BCUT2D eigenvalue weighted by molar-refractivity contribution is 5.54. The molecule has 0 atom stereocenters. The van der Waals surface area contributed by atoms with E-state index >= 15 is 0 Å². The average molecular weight is 286 g/mol. The highest BCUT2D eigenvalue weighted by Crippen LogP contribution is 2.22. The number of anilines is 1. The molecule has 2 N–H and O–H groups in total. The summed E-state index contributed by atoms with van der Waals surface area (Å²) in [7, 11) is 0. The summed E-state index contributed by atoms with van der Waals surface area (Å²) >= 11 is 0. The third-order valence-electron chi connectivity index (χ3n) is 3.09. The van der Waals surface area contributed by atoms with Gasteiger partial charge in [-0.25, -0.2) is 8.78 Å². The molecule has 0 unspecified atom stereocenters. The molecule has 3 nitrogen and oxygen atoms in total. The van der Waals surface area contributed by atoms with E-state index in [9.17, 15) is 8.78 Å². The molecule has 0 saturated carbocycles. The topological polar surface area (TPSA) is 35.5 Å². The van der Waals surface area contributed by atoms with Crippen molar-refractivity contribution in [2.24, 2.45) is 0 Å². The Hall–Kier alpha value is -1.20. The quantitative estimate of drug-likeness (QED) is 0.685. The molecule has 1 aromatic carbocycles. The lowest BCUT2D eigenvalue weighted by Crippen LogP contribution is -2.32. The molecular weight excluding hydrogens is 262 g/mol. The maximum absolute atomic E-state index is 12.6. The van der Waals surface area contributed by atoms with Gasteiger partial charge < -0.3 is 15.3 Å². The van der Waals surface area contributed by atoms with Crippen LogP contribution >= 0.6 is 0 Å². The molecule has 0 spiro atoms. The molecule has 114 valence electrons. The fourth-order valence-corrected chi connectivity index (χ4v) is 2.19. The summed E-state index contributed by atoms with van der Waals surface area (Å²) in [5.74, 6) is 0. The fraction of sp³-hybridized carbons (Fsp3) is 0.600. The summed E-state index contributed by atoms with van der Waals surface area (Å²) < 4.78 is 25.2. The number of hydrogen-bond donors (Lipinski definition) is 2. The zero-order chi connectivity index (χ0) is 15.0. The zero-order valence-electron chi connectivity index (χ0n) is 12.2. The van der Waals surface area contributed by atoms with E-state index in [1.165, 1.54) is 4.90 Å². The lowest BCUT2D eigenvalue weighted by molar-refractivity contribution is 0.153. The van der Waals surface area contributed by atoms with Crippen molar-refractivity contribution in [3.8, 4) is 0 Å². The Kier molecular flexibility index (Phi) is 7.47. The van der Waals surface area contributed by atoms with E-state index in [-0.39, 0.29) is 19.7 Å². The Morgan fingerprint density at radius 3 is 2.65 bits per heavy atom. The van der Waals surface area contributed by atoms with Gasteiger partial charge in [-0.05, 0) is 37.1 Å². The van der Waals surface area contributed by atoms with Crippen LogP contribution in [0.2, 0.25) is 0 Å². The molecule has 1 aromatic rings. The van der Waals surface area contributed by atoms with E-state index in [0.29, 0.717) is 0 Å². The minimum atomic E-state index is -2.41. The number of halogens is 2. The van der Waals surface area contributed by atoms with Gasteiger partial charge in [0.25, 0.3) is 6.43 Å². The van der Waals surface area contributed by atoms with Gasteiger partial charge in [0, 0.05) is 18.8 Å². The zero-order valence-corrected chi connectivity index (χ0v) is 12.2. The van der Waals surface area contributed by atoms with Gasteiger partial charge in [0.05, 0.1) is 13.2 Å². The maximum atomic E-state index is 12.6. The van der Waals surface area contributed by atoms with Crippen LogP contribution in [0.3, 0.4) is 0 Å². The van der Waals surface area contributed by atoms with Crippen molar-refractivity contribution in [3.05, 3.63) is 29.3 Å².